The largest absolute Gasteiger partial charge is 0.479 e. The van der Waals surface area contributed by atoms with E-state index in [9.17, 15) is 9.36 Å². The lowest BCUT2D eigenvalue weighted by atomic mass is 10.00. The first-order valence-corrected chi connectivity index (χ1v) is 15.5. The Morgan fingerprint density at radius 1 is 1.11 bits per heavy atom. The number of benzene rings is 2. The van der Waals surface area contributed by atoms with Gasteiger partial charge in [0.15, 0.2) is 11.2 Å². The molecule has 0 aliphatic carbocycles. The number of hydrogen-bond donors (Lipinski definition) is 2. The summed E-state index contributed by atoms with van der Waals surface area (Å²) in [4.78, 5) is 25.4. The minimum absolute atomic E-state index is 0. The van der Waals surface area contributed by atoms with Crippen LogP contribution < -0.4 is 20.1 Å². The first-order chi connectivity index (χ1) is 21.4. The van der Waals surface area contributed by atoms with Crippen LogP contribution in [0.15, 0.2) is 67.0 Å². The van der Waals surface area contributed by atoms with Crippen LogP contribution in [-0.2, 0) is 34.7 Å². The van der Waals surface area contributed by atoms with E-state index in [1.165, 1.54) is 7.11 Å². The third-order valence-electron chi connectivity index (χ3n) is 6.93. The van der Waals surface area contributed by atoms with Crippen molar-refractivity contribution in [3.8, 4) is 11.6 Å². The Labute approximate surface area is 261 Å². The molecule has 1 saturated heterocycles. The van der Waals surface area contributed by atoms with E-state index < -0.39 is 32.6 Å². The number of anilines is 1. The molecule has 1 aliphatic rings. The first kappa shape index (κ1) is 33.8. The van der Waals surface area contributed by atoms with Gasteiger partial charge in [-0.2, -0.15) is 9.97 Å². The van der Waals surface area contributed by atoms with Crippen LogP contribution in [0.1, 0.15) is 32.1 Å². The summed E-state index contributed by atoms with van der Waals surface area (Å²) in [7, 11) is -0.939. The van der Waals surface area contributed by atoms with Gasteiger partial charge in [-0.15, -0.1) is 0 Å². The maximum atomic E-state index is 13.9. The quantitative estimate of drug-likeness (QED) is 0.137. The van der Waals surface area contributed by atoms with Crippen molar-refractivity contribution in [3.05, 3.63) is 72.6 Å². The van der Waals surface area contributed by atoms with Crippen LogP contribution >= 0.6 is 7.75 Å². The van der Waals surface area contributed by atoms with E-state index in [2.05, 4.69) is 20.0 Å². The zero-order chi connectivity index (χ0) is 30.9. The van der Waals surface area contributed by atoms with Crippen LogP contribution in [0.5, 0.6) is 11.6 Å². The first-order valence-electron chi connectivity index (χ1n) is 14.0. The van der Waals surface area contributed by atoms with Crippen LogP contribution in [-0.4, -0.2) is 65.6 Å². The number of nitrogen functional groups attached to an aromatic ring is 1. The van der Waals surface area contributed by atoms with Crippen molar-refractivity contribution >= 4 is 30.8 Å². The van der Waals surface area contributed by atoms with E-state index in [-0.39, 0.29) is 38.4 Å². The molecule has 0 spiro atoms. The summed E-state index contributed by atoms with van der Waals surface area (Å²) in [5.74, 6) is -0.0478. The monoisotopic (exact) mass is 642 g/mol. The standard InChI is InChI=1S/C29H35N6O8P.CH4/c1-38-14-13-21-15-23(42-28(21)35-19-31-25-26(35)33-29(30)34-27(25)39-2)18-41-44(37,43-22-11-7-4-8-12-22)32-16-24(36)40-17-20-9-5-3-6-10-20;/h3-12,19,21,23,28H,13-18H2,1-2H3,(H,32,37)(H2,30,33,34);1H4. The number of esters is 1. The van der Waals surface area contributed by atoms with Crippen molar-refractivity contribution in [2.45, 2.75) is 39.2 Å². The Morgan fingerprint density at radius 2 is 1.84 bits per heavy atom. The summed E-state index contributed by atoms with van der Waals surface area (Å²) in [5.41, 5.74) is 7.65. The van der Waals surface area contributed by atoms with Gasteiger partial charge < -0.3 is 29.2 Å². The van der Waals surface area contributed by atoms with E-state index >= 15 is 0 Å². The zero-order valence-electron chi connectivity index (χ0n) is 24.4. The number of methoxy groups -OCH3 is 2. The fourth-order valence-electron chi connectivity index (χ4n) is 4.84. The van der Waals surface area contributed by atoms with Crippen molar-refractivity contribution in [1.29, 1.82) is 0 Å². The lowest BCUT2D eigenvalue weighted by molar-refractivity contribution is -0.143. The molecule has 14 nitrogen and oxygen atoms in total. The number of rotatable bonds is 15. The Balaban J connectivity index is 0.00000461. The zero-order valence-corrected chi connectivity index (χ0v) is 25.3. The molecule has 3 heterocycles. The van der Waals surface area contributed by atoms with Gasteiger partial charge in [-0.25, -0.2) is 14.6 Å². The summed E-state index contributed by atoms with van der Waals surface area (Å²) < 4.78 is 49.6. The Bertz CT molecular complexity index is 1570. The van der Waals surface area contributed by atoms with E-state index in [0.29, 0.717) is 36.4 Å². The molecule has 1 fully saturated rings. The average molecular weight is 643 g/mol. The van der Waals surface area contributed by atoms with E-state index in [4.69, 9.17) is 33.7 Å². The number of nitrogens with zero attached hydrogens (tertiary/aromatic N) is 4. The minimum Gasteiger partial charge on any atom is -0.479 e. The number of fused-ring (bicyclic) bond motifs is 1. The highest BCUT2D eigenvalue weighted by molar-refractivity contribution is 7.52. The molecule has 242 valence electrons. The number of carbonyl (C=O) groups is 1. The number of carbonyl (C=O) groups excluding carboxylic acids is 1. The summed E-state index contributed by atoms with van der Waals surface area (Å²) in [6, 6.07) is 17.8. The molecule has 0 radical (unpaired) electrons. The lowest BCUT2D eigenvalue weighted by Crippen LogP contribution is -2.27. The smallest absolute Gasteiger partial charge is 0.459 e. The van der Waals surface area contributed by atoms with Gasteiger partial charge in [-0.3, -0.25) is 13.9 Å². The highest BCUT2D eigenvalue weighted by Crippen LogP contribution is 2.46. The van der Waals surface area contributed by atoms with Crippen molar-refractivity contribution in [1.82, 2.24) is 24.6 Å². The second-order valence-electron chi connectivity index (χ2n) is 10.0. The molecule has 4 unspecified atom stereocenters. The van der Waals surface area contributed by atoms with Crippen LogP contribution in [0.3, 0.4) is 0 Å². The maximum Gasteiger partial charge on any atom is 0.459 e. The minimum atomic E-state index is -4.05. The molecule has 3 N–H and O–H groups in total. The molecule has 45 heavy (non-hydrogen) atoms. The summed E-state index contributed by atoms with van der Waals surface area (Å²) in [6.07, 6.45) is 1.83. The molecule has 0 bridgehead atoms. The lowest BCUT2D eigenvalue weighted by Gasteiger charge is -2.22. The fourth-order valence-corrected chi connectivity index (χ4v) is 6.13. The molecule has 2 aromatic heterocycles. The van der Waals surface area contributed by atoms with Crippen LogP contribution in [0.25, 0.3) is 11.2 Å². The van der Waals surface area contributed by atoms with Gasteiger partial charge >= 0.3 is 13.7 Å². The van der Waals surface area contributed by atoms with Gasteiger partial charge in [0.2, 0.25) is 11.8 Å². The Hall–Kier alpha value is -4.07. The number of ether oxygens (including phenoxy) is 4. The molecule has 0 amide bonds. The second kappa shape index (κ2) is 15.8. The molecule has 0 saturated carbocycles. The molecule has 2 aromatic carbocycles. The van der Waals surface area contributed by atoms with Crippen molar-refractivity contribution in [3.63, 3.8) is 0 Å². The number of nitrogens with one attached hydrogen (secondary N) is 1. The fraction of sp³-hybridized carbons (Fsp3) is 0.400. The van der Waals surface area contributed by atoms with E-state index in [1.54, 1.807) is 48.3 Å². The van der Waals surface area contributed by atoms with Gasteiger partial charge in [0.25, 0.3) is 0 Å². The Morgan fingerprint density at radius 3 is 2.56 bits per heavy atom. The third kappa shape index (κ3) is 8.77. The van der Waals surface area contributed by atoms with Gasteiger partial charge in [-0.1, -0.05) is 56.0 Å². The molecular weight excluding hydrogens is 603 g/mol. The van der Waals surface area contributed by atoms with E-state index in [0.717, 1.165) is 5.56 Å². The summed E-state index contributed by atoms with van der Waals surface area (Å²) >= 11 is 0. The molecular formula is C30H39N6O8P. The predicted octanol–water partition coefficient (Wildman–Crippen LogP) is 4.53. The number of aromatic nitrogens is 4. The molecule has 1 aliphatic heterocycles. The summed E-state index contributed by atoms with van der Waals surface area (Å²) in [6.45, 7) is 0.0831. The van der Waals surface area contributed by atoms with Crippen LogP contribution in [0.2, 0.25) is 0 Å². The normalized spacial score (nSPS) is 19.0. The highest BCUT2D eigenvalue weighted by atomic mass is 31.2. The molecule has 15 heteroatoms. The van der Waals surface area contributed by atoms with E-state index in [1.807, 2.05) is 30.3 Å². The highest BCUT2D eigenvalue weighted by Gasteiger charge is 2.39. The van der Waals surface area contributed by atoms with Gasteiger partial charge in [0.1, 0.15) is 25.1 Å². The Kier molecular flexibility index (Phi) is 11.9. The predicted molar refractivity (Wildman–Crippen MR) is 166 cm³/mol. The number of para-hydroxylation sites is 1. The molecule has 5 rings (SSSR count). The van der Waals surface area contributed by atoms with Crippen molar-refractivity contribution < 1.29 is 37.4 Å². The van der Waals surface area contributed by atoms with Gasteiger partial charge in [0.05, 0.1) is 26.1 Å². The van der Waals surface area contributed by atoms with Crippen molar-refractivity contribution in [2.24, 2.45) is 5.92 Å². The SMILES string of the molecule is C.COCCC1CC(COP(=O)(NCC(=O)OCc2ccccc2)Oc2ccccc2)OC1n1cnc2c(OC)nc(N)nc21. The average Bonchev–Trinajstić information content (AvgIpc) is 3.65. The summed E-state index contributed by atoms with van der Waals surface area (Å²) in [5, 5.41) is 2.63. The van der Waals surface area contributed by atoms with Crippen LogP contribution in [0, 0.1) is 5.92 Å². The second-order valence-corrected chi connectivity index (χ2v) is 11.8. The number of hydrogen-bond acceptors (Lipinski definition) is 12. The number of imidazole rings is 1. The topological polar surface area (TPSA) is 171 Å². The molecule has 4 atom stereocenters. The third-order valence-corrected chi connectivity index (χ3v) is 8.41. The van der Waals surface area contributed by atoms with Crippen molar-refractivity contribution in [2.75, 3.05) is 39.7 Å². The van der Waals surface area contributed by atoms with Gasteiger partial charge in [-0.05, 0) is 30.5 Å². The maximum absolute atomic E-state index is 13.9. The van der Waals surface area contributed by atoms with Gasteiger partial charge in [0, 0.05) is 19.6 Å². The van der Waals surface area contributed by atoms with Crippen LogP contribution in [0.4, 0.5) is 5.95 Å². The number of nitrogens with two attached hydrogens (primary N) is 1. The molecule has 4 aromatic rings.